The van der Waals surface area contributed by atoms with Crippen LogP contribution >= 0.6 is 0 Å². The van der Waals surface area contributed by atoms with E-state index in [9.17, 15) is 19.8 Å². The van der Waals surface area contributed by atoms with Gasteiger partial charge in [-0.05, 0) is 51.7 Å². The Morgan fingerprint density at radius 2 is 1.78 bits per heavy atom. The molecule has 0 aromatic heterocycles. The number of ether oxygens (including phenoxy) is 2. The maximum Gasteiger partial charge on any atom is 0.339 e. The molecule has 176 valence electrons. The molecule has 9 heteroatoms. The number of hydrogen-bond donors (Lipinski definition) is 2. The van der Waals surface area contributed by atoms with Crippen molar-refractivity contribution in [3.8, 4) is 0 Å². The minimum absolute atomic E-state index is 0.0170. The lowest BCUT2D eigenvalue weighted by molar-refractivity contribution is -0.263. The summed E-state index contributed by atoms with van der Waals surface area (Å²) < 4.78 is 59.7. The van der Waals surface area contributed by atoms with Gasteiger partial charge in [0.2, 0.25) is 0 Å². The molecule has 2 N–H and O–H groups in total. The standard InChI is InChI=1S/C23H27F3O6/c1-18(2)31-16-8-12-13-9-21(24,25)14-7-11(27)5-6-19(14,3)22(13,26)15(28)10-20(12,4)23(16,32-18)17(29)30/h5-7,12-13,15-16,28H,8-10H2,1-4H3,(H,29,30)/t12-,13-,15-,16+,19-,20-,22-,23-/m0/s1. The molecule has 32 heavy (non-hydrogen) atoms. The smallest absolute Gasteiger partial charge is 0.339 e. The molecule has 0 aromatic rings. The van der Waals surface area contributed by atoms with E-state index >= 15 is 13.2 Å². The Balaban J connectivity index is 1.69. The van der Waals surface area contributed by atoms with Crippen LogP contribution in [0.3, 0.4) is 0 Å². The van der Waals surface area contributed by atoms with Crippen molar-refractivity contribution < 1.29 is 42.4 Å². The second-order valence-electron chi connectivity index (χ2n) is 10.9. The zero-order valence-electron chi connectivity index (χ0n) is 18.3. The first-order valence-corrected chi connectivity index (χ1v) is 10.9. The van der Waals surface area contributed by atoms with E-state index in [1.807, 2.05) is 0 Å². The SMILES string of the molecule is CC1(C)O[C@@H]2C[C@H]3[C@@H]4CC(F)(F)C5=CC(=O)C=C[C@]5(C)[C@@]4(F)[C@@H](O)C[C@]3(C)[C@]2(C(=O)O)O1. The van der Waals surface area contributed by atoms with Crippen LogP contribution in [0.4, 0.5) is 13.2 Å². The second-order valence-corrected chi connectivity index (χ2v) is 10.9. The van der Waals surface area contributed by atoms with Crippen LogP contribution in [-0.4, -0.2) is 57.2 Å². The van der Waals surface area contributed by atoms with Crippen molar-refractivity contribution in [2.45, 2.75) is 82.1 Å². The highest BCUT2D eigenvalue weighted by Gasteiger charge is 2.82. The van der Waals surface area contributed by atoms with Crippen LogP contribution in [0.25, 0.3) is 0 Å². The average molecular weight is 456 g/mol. The summed E-state index contributed by atoms with van der Waals surface area (Å²) in [5.41, 5.74) is -8.31. The van der Waals surface area contributed by atoms with Crippen molar-refractivity contribution in [2.24, 2.45) is 22.7 Å². The van der Waals surface area contributed by atoms with E-state index in [1.54, 1.807) is 20.8 Å². The molecule has 1 saturated heterocycles. The van der Waals surface area contributed by atoms with Crippen LogP contribution in [0.2, 0.25) is 0 Å². The molecule has 5 rings (SSSR count). The Morgan fingerprint density at radius 3 is 2.41 bits per heavy atom. The fourth-order valence-electron chi connectivity index (χ4n) is 7.70. The predicted molar refractivity (Wildman–Crippen MR) is 104 cm³/mol. The lowest BCUT2D eigenvalue weighted by Gasteiger charge is -2.63. The fourth-order valence-corrected chi connectivity index (χ4v) is 7.70. The fraction of sp³-hybridized carbons (Fsp3) is 0.739. The van der Waals surface area contributed by atoms with Gasteiger partial charge < -0.3 is 19.7 Å². The number of carboxylic acids is 1. The Labute approximate surface area is 183 Å². The van der Waals surface area contributed by atoms with E-state index in [4.69, 9.17) is 9.47 Å². The van der Waals surface area contributed by atoms with E-state index in [2.05, 4.69) is 0 Å². The van der Waals surface area contributed by atoms with Gasteiger partial charge in [0, 0.05) is 23.3 Å². The summed E-state index contributed by atoms with van der Waals surface area (Å²) in [5, 5.41) is 21.4. The number of carboxylic acid groups (broad SMARTS) is 1. The van der Waals surface area contributed by atoms with Crippen molar-refractivity contribution >= 4 is 11.8 Å². The number of carbonyl (C=O) groups excluding carboxylic acids is 1. The van der Waals surface area contributed by atoms with E-state index in [-0.39, 0.29) is 12.8 Å². The van der Waals surface area contributed by atoms with Gasteiger partial charge >= 0.3 is 5.97 Å². The summed E-state index contributed by atoms with van der Waals surface area (Å²) in [6.45, 7) is 6.01. The number of ketones is 1. The number of aliphatic hydroxyl groups excluding tert-OH is 1. The quantitative estimate of drug-likeness (QED) is 0.630. The largest absolute Gasteiger partial charge is 0.479 e. The van der Waals surface area contributed by atoms with Gasteiger partial charge in [-0.3, -0.25) is 4.79 Å². The molecular formula is C23H27F3O6. The lowest BCUT2D eigenvalue weighted by Crippen LogP contribution is -2.71. The summed E-state index contributed by atoms with van der Waals surface area (Å²) in [7, 11) is 0. The van der Waals surface area contributed by atoms with E-state index in [1.165, 1.54) is 6.92 Å². The summed E-state index contributed by atoms with van der Waals surface area (Å²) >= 11 is 0. The lowest BCUT2D eigenvalue weighted by atomic mass is 9.44. The molecule has 0 unspecified atom stereocenters. The third-order valence-electron chi connectivity index (χ3n) is 8.96. The first-order chi connectivity index (χ1) is 14.6. The van der Waals surface area contributed by atoms with E-state index in [0.717, 1.165) is 18.2 Å². The molecule has 0 spiro atoms. The number of rotatable bonds is 1. The van der Waals surface area contributed by atoms with Crippen molar-refractivity contribution in [1.82, 2.24) is 0 Å². The maximum atomic E-state index is 17.0. The molecule has 8 atom stereocenters. The van der Waals surface area contributed by atoms with Crippen LogP contribution in [-0.2, 0) is 19.1 Å². The number of hydrogen-bond acceptors (Lipinski definition) is 5. The van der Waals surface area contributed by atoms with Crippen molar-refractivity contribution in [3.05, 3.63) is 23.8 Å². The van der Waals surface area contributed by atoms with Crippen LogP contribution in [0.1, 0.15) is 47.0 Å². The molecule has 0 amide bonds. The average Bonchev–Trinajstić information content (AvgIpc) is 3.07. The molecule has 0 radical (unpaired) electrons. The van der Waals surface area contributed by atoms with Crippen LogP contribution < -0.4 is 0 Å². The molecule has 1 aliphatic heterocycles. The van der Waals surface area contributed by atoms with Gasteiger partial charge in [0.15, 0.2) is 22.8 Å². The van der Waals surface area contributed by atoms with Gasteiger partial charge in [0.1, 0.15) is 6.10 Å². The number of alkyl halides is 3. The molecule has 5 aliphatic rings. The number of aliphatic hydroxyl groups is 1. The normalized spacial score (nSPS) is 52.5. The molecule has 0 bridgehead atoms. The van der Waals surface area contributed by atoms with Crippen molar-refractivity contribution in [1.29, 1.82) is 0 Å². The first-order valence-electron chi connectivity index (χ1n) is 10.9. The molecule has 4 aliphatic carbocycles. The molecule has 3 saturated carbocycles. The van der Waals surface area contributed by atoms with Gasteiger partial charge in [-0.2, -0.15) is 0 Å². The second kappa shape index (κ2) is 5.85. The minimum atomic E-state index is -3.50. The Bertz CT molecular complexity index is 990. The van der Waals surface area contributed by atoms with Gasteiger partial charge in [-0.15, -0.1) is 0 Å². The Kier molecular flexibility index (Phi) is 4.04. The van der Waals surface area contributed by atoms with Crippen molar-refractivity contribution in [3.63, 3.8) is 0 Å². The Hall–Kier alpha value is -1.71. The van der Waals surface area contributed by atoms with Crippen LogP contribution in [0.5, 0.6) is 0 Å². The molecule has 0 aromatic carbocycles. The highest BCUT2D eigenvalue weighted by Crippen LogP contribution is 2.73. The third kappa shape index (κ3) is 2.23. The van der Waals surface area contributed by atoms with Crippen LogP contribution in [0.15, 0.2) is 23.8 Å². The highest BCUT2D eigenvalue weighted by molar-refractivity contribution is 6.01. The zero-order valence-corrected chi connectivity index (χ0v) is 18.3. The maximum absolute atomic E-state index is 17.0. The zero-order chi connectivity index (χ0) is 23.7. The summed E-state index contributed by atoms with van der Waals surface area (Å²) in [5.74, 6) is -8.90. The van der Waals surface area contributed by atoms with Gasteiger partial charge in [-0.25, -0.2) is 18.0 Å². The number of allylic oxidation sites excluding steroid dienone is 4. The predicted octanol–water partition coefficient (Wildman–Crippen LogP) is 3.19. The highest BCUT2D eigenvalue weighted by atomic mass is 19.3. The number of fused-ring (bicyclic) bond motifs is 7. The first kappa shape index (κ1) is 22.1. The number of carbonyl (C=O) groups is 2. The van der Waals surface area contributed by atoms with Crippen molar-refractivity contribution in [2.75, 3.05) is 0 Å². The monoisotopic (exact) mass is 456 g/mol. The van der Waals surface area contributed by atoms with Gasteiger partial charge in [0.25, 0.3) is 5.92 Å². The minimum Gasteiger partial charge on any atom is -0.479 e. The summed E-state index contributed by atoms with van der Waals surface area (Å²) in [4.78, 5) is 24.4. The van der Waals surface area contributed by atoms with Crippen LogP contribution in [0, 0.1) is 22.7 Å². The topological polar surface area (TPSA) is 93.1 Å². The van der Waals surface area contributed by atoms with Gasteiger partial charge in [0.05, 0.1) is 11.5 Å². The molecular weight excluding hydrogens is 429 g/mol. The Morgan fingerprint density at radius 1 is 1.12 bits per heavy atom. The molecule has 6 nitrogen and oxygen atoms in total. The summed E-state index contributed by atoms with van der Waals surface area (Å²) in [6.07, 6.45) is -0.980. The van der Waals surface area contributed by atoms with E-state index in [0.29, 0.717) is 0 Å². The number of aliphatic carboxylic acids is 1. The number of halogens is 3. The van der Waals surface area contributed by atoms with Gasteiger partial charge in [-0.1, -0.05) is 13.0 Å². The molecule has 1 heterocycles. The summed E-state index contributed by atoms with van der Waals surface area (Å²) in [6, 6.07) is 0. The molecule has 4 fully saturated rings. The van der Waals surface area contributed by atoms with E-state index < -0.39 is 81.6 Å². The third-order valence-corrected chi connectivity index (χ3v) is 8.96.